The van der Waals surface area contributed by atoms with Crippen LogP contribution in [0.2, 0.25) is 0 Å². The minimum absolute atomic E-state index is 0.0372. The van der Waals surface area contributed by atoms with Crippen LogP contribution in [0.5, 0.6) is 0 Å². The van der Waals surface area contributed by atoms with Crippen molar-refractivity contribution in [1.82, 2.24) is 0 Å². The lowest BCUT2D eigenvalue weighted by atomic mass is 9.81. The van der Waals surface area contributed by atoms with Gasteiger partial charge in [0.2, 0.25) is 6.29 Å². The van der Waals surface area contributed by atoms with E-state index in [1.165, 1.54) is 13.2 Å². The summed E-state index contributed by atoms with van der Waals surface area (Å²) in [5.41, 5.74) is -1.07. The molecule has 5 atom stereocenters. The van der Waals surface area contributed by atoms with Gasteiger partial charge in [-0.1, -0.05) is 27.7 Å². The van der Waals surface area contributed by atoms with Gasteiger partial charge in [-0.25, -0.2) is 0 Å². The molecular weight excluding hydrogens is 428 g/mol. The van der Waals surface area contributed by atoms with Crippen molar-refractivity contribution in [3.05, 3.63) is 11.8 Å². The molecular formula is C22H33ClO8. The molecule has 1 aliphatic heterocycles. The number of esters is 3. The van der Waals surface area contributed by atoms with Gasteiger partial charge in [0, 0.05) is 31.3 Å². The lowest BCUT2D eigenvalue weighted by Crippen LogP contribution is -2.53. The van der Waals surface area contributed by atoms with Crippen molar-refractivity contribution in [1.29, 1.82) is 0 Å². The molecule has 2 aliphatic rings. The Balaban J connectivity index is 2.27. The fourth-order valence-corrected chi connectivity index (χ4v) is 4.46. The number of hydrogen-bond donors (Lipinski definition) is 1. The fraction of sp³-hybridized carbons (Fsp3) is 0.773. The average molecular weight is 461 g/mol. The van der Waals surface area contributed by atoms with E-state index in [0.717, 1.165) is 0 Å². The van der Waals surface area contributed by atoms with Gasteiger partial charge in [0.05, 0.1) is 18.1 Å². The molecule has 0 aromatic rings. The molecule has 0 aromatic carbocycles. The number of aliphatic hydroxyl groups is 1. The van der Waals surface area contributed by atoms with E-state index in [4.69, 9.17) is 30.5 Å². The van der Waals surface area contributed by atoms with Gasteiger partial charge in [0.15, 0.2) is 0 Å². The van der Waals surface area contributed by atoms with Crippen LogP contribution in [0.4, 0.5) is 0 Å². The van der Waals surface area contributed by atoms with E-state index in [-0.39, 0.29) is 49.6 Å². The molecule has 2 rings (SSSR count). The standard InChI is InChI=1S/C22H33ClO8/c1-12(2)6-18(25)28-9-15-10-29-21(31-19(26)7-13(3)4)20-16(15)8-17(30-14(5)24)22(20,27)11-23/h10,12-13,16-17,20-21,27H,6-9,11H2,1-5H3/t16-,17-,20+,21+,22+/m1/s1. The number of carbonyl (C=O) groups is 3. The van der Waals surface area contributed by atoms with Gasteiger partial charge in [-0.15, -0.1) is 11.6 Å². The second kappa shape index (κ2) is 10.7. The van der Waals surface area contributed by atoms with Crippen LogP contribution in [0.1, 0.15) is 53.9 Å². The number of ether oxygens (including phenoxy) is 4. The van der Waals surface area contributed by atoms with E-state index >= 15 is 0 Å². The lowest BCUT2D eigenvalue weighted by molar-refractivity contribution is -0.211. The smallest absolute Gasteiger partial charge is 0.309 e. The molecule has 1 saturated carbocycles. The first-order valence-electron chi connectivity index (χ1n) is 10.6. The third kappa shape index (κ3) is 6.35. The number of halogens is 1. The van der Waals surface area contributed by atoms with Crippen LogP contribution in [0, 0.1) is 23.7 Å². The summed E-state index contributed by atoms with van der Waals surface area (Å²) in [6, 6.07) is 0. The van der Waals surface area contributed by atoms with Crippen molar-refractivity contribution in [2.75, 3.05) is 12.5 Å². The van der Waals surface area contributed by atoms with Crippen molar-refractivity contribution < 1.29 is 38.4 Å². The van der Waals surface area contributed by atoms with Crippen molar-refractivity contribution in [2.45, 2.75) is 71.9 Å². The van der Waals surface area contributed by atoms with E-state index in [2.05, 4.69) is 0 Å². The Hall–Kier alpha value is -1.80. The summed E-state index contributed by atoms with van der Waals surface area (Å²) in [7, 11) is 0. The minimum atomic E-state index is -1.68. The summed E-state index contributed by atoms with van der Waals surface area (Å²) in [4.78, 5) is 35.9. The summed E-state index contributed by atoms with van der Waals surface area (Å²) >= 11 is 6.12. The second-order valence-electron chi connectivity index (χ2n) is 9.13. The van der Waals surface area contributed by atoms with E-state index < -0.39 is 41.8 Å². The van der Waals surface area contributed by atoms with Gasteiger partial charge >= 0.3 is 17.9 Å². The minimum Gasteiger partial charge on any atom is -0.462 e. The summed E-state index contributed by atoms with van der Waals surface area (Å²) in [6.07, 6.45) is 0.0907. The molecule has 0 bridgehead atoms. The molecule has 1 fully saturated rings. The van der Waals surface area contributed by atoms with Crippen molar-refractivity contribution >= 4 is 29.5 Å². The molecule has 31 heavy (non-hydrogen) atoms. The maximum absolute atomic E-state index is 12.3. The molecule has 8 nitrogen and oxygen atoms in total. The van der Waals surface area contributed by atoms with Gasteiger partial charge in [0.1, 0.15) is 18.3 Å². The van der Waals surface area contributed by atoms with Gasteiger partial charge in [0.25, 0.3) is 0 Å². The number of hydrogen-bond acceptors (Lipinski definition) is 8. The van der Waals surface area contributed by atoms with Gasteiger partial charge in [-0.2, -0.15) is 0 Å². The zero-order valence-electron chi connectivity index (χ0n) is 18.8. The number of alkyl halides is 1. The van der Waals surface area contributed by atoms with Crippen molar-refractivity contribution in [2.24, 2.45) is 23.7 Å². The zero-order chi connectivity index (χ0) is 23.3. The fourth-order valence-electron chi connectivity index (χ4n) is 4.11. The second-order valence-corrected chi connectivity index (χ2v) is 9.40. The van der Waals surface area contributed by atoms with Crippen molar-refractivity contribution in [3.63, 3.8) is 0 Å². The topological polar surface area (TPSA) is 108 Å². The molecule has 0 radical (unpaired) electrons. The molecule has 0 aromatic heterocycles. The first kappa shape index (κ1) is 25.5. The van der Waals surface area contributed by atoms with Crippen LogP contribution in [-0.2, 0) is 33.3 Å². The maximum atomic E-state index is 12.3. The Morgan fingerprint density at radius 3 is 2.32 bits per heavy atom. The Kier molecular flexibility index (Phi) is 8.77. The number of fused-ring (bicyclic) bond motifs is 1. The summed E-state index contributed by atoms with van der Waals surface area (Å²) in [5.74, 6) is -2.58. The van der Waals surface area contributed by atoms with Crippen LogP contribution >= 0.6 is 11.6 Å². The first-order chi connectivity index (χ1) is 14.5. The number of carbonyl (C=O) groups excluding carboxylic acids is 3. The highest BCUT2D eigenvalue weighted by Gasteiger charge is 2.62. The van der Waals surface area contributed by atoms with E-state index in [0.29, 0.717) is 5.57 Å². The van der Waals surface area contributed by atoms with Crippen molar-refractivity contribution in [3.8, 4) is 0 Å². The van der Waals surface area contributed by atoms with Crippen LogP contribution < -0.4 is 0 Å². The summed E-state index contributed by atoms with van der Waals surface area (Å²) in [6.45, 7) is 8.81. The highest BCUT2D eigenvalue weighted by Crippen LogP contribution is 2.51. The first-order valence-corrected chi connectivity index (χ1v) is 11.2. The SMILES string of the molecule is CC(=O)O[C@@H]1C[C@@H]2C(COC(=O)CC(C)C)=CO[C@@H](OC(=O)CC(C)C)[C@H]2[C@]1(O)CCl. The van der Waals surface area contributed by atoms with E-state index in [9.17, 15) is 19.5 Å². The third-order valence-electron chi connectivity index (χ3n) is 5.48. The van der Waals surface area contributed by atoms with E-state index in [1.807, 2.05) is 27.7 Å². The maximum Gasteiger partial charge on any atom is 0.309 e. The zero-order valence-corrected chi connectivity index (χ0v) is 19.5. The Labute approximate surface area is 188 Å². The Morgan fingerprint density at radius 2 is 1.77 bits per heavy atom. The quantitative estimate of drug-likeness (QED) is 0.318. The third-order valence-corrected chi connectivity index (χ3v) is 5.91. The van der Waals surface area contributed by atoms with E-state index in [1.54, 1.807) is 0 Å². The molecule has 0 saturated heterocycles. The number of rotatable bonds is 9. The van der Waals surface area contributed by atoms with Gasteiger partial charge in [-0.3, -0.25) is 14.4 Å². The van der Waals surface area contributed by atoms with Crippen LogP contribution in [-0.4, -0.2) is 53.5 Å². The molecule has 0 unspecified atom stereocenters. The van der Waals surface area contributed by atoms with Gasteiger partial charge in [-0.05, 0) is 18.3 Å². The molecule has 0 amide bonds. The highest BCUT2D eigenvalue weighted by atomic mass is 35.5. The molecule has 1 heterocycles. The predicted molar refractivity (Wildman–Crippen MR) is 112 cm³/mol. The Bertz CT molecular complexity index is 704. The highest BCUT2D eigenvalue weighted by molar-refractivity contribution is 6.18. The predicted octanol–water partition coefficient (Wildman–Crippen LogP) is 2.94. The molecule has 176 valence electrons. The molecule has 9 heteroatoms. The average Bonchev–Trinajstić information content (AvgIpc) is 2.93. The monoisotopic (exact) mass is 460 g/mol. The van der Waals surface area contributed by atoms with Crippen LogP contribution in [0.25, 0.3) is 0 Å². The van der Waals surface area contributed by atoms with Gasteiger partial charge < -0.3 is 24.1 Å². The molecule has 1 N–H and O–H groups in total. The van der Waals surface area contributed by atoms with Crippen LogP contribution in [0.15, 0.2) is 11.8 Å². The normalized spacial score (nSPS) is 29.8. The molecule has 1 aliphatic carbocycles. The van der Waals surface area contributed by atoms with Crippen LogP contribution in [0.3, 0.4) is 0 Å². The molecule has 0 spiro atoms. The largest absolute Gasteiger partial charge is 0.462 e. The summed E-state index contributed by atoms with van der Waals surface area (Å²) < 4.78 is 21.9. The lowest BCUT2D eigenvalue weighted by Gasteiger charge is -2.40. The Morgan fingerprint density at radius 1 is 1.16 bits per heavy atom. The summed E-state index contributed by atoms with van der Waals surface area (Å²) in [5, 5.41) is 11.4.